The Morgan fingerprint density at radius 1 is 1.44 bits per heavy atom. The Bertz CT molecular complexity index is 934. The molecule has 0 saturated carbocycles. The average Bonchev–Trinajstić information content (AvgIpc) is 3.12. The molecule has 0 spiro atoms. The molecule has 2 aromatic rings. The monoisotopic (exact) mass is 402 g/mol. The van der Waals surface area contributed by atoms with E-state index in [9.17, 15) is 4.79 Å². The van der Waals surface area contributed by atoms with E-state index in [0.29, 0.717) is 5.02 Å². The second kappa shape index (κ2) is 9.58. The molecule has 0 fully saturated rings. The number of aryl methyl sites for hydroxylation is 2. The molecule has 5 nitrogen and oxygen atoms in total. The maximum Gasteiger partial charge on any atom is 0.271 e. The quantitative estimate of drug-likeness (QED) is 0.570. The molecule has 0 radical (unpaired) electrons. The highest BCUT2D eigenvalue weighted by Gasteiger charge is 2.18. The normalized spacial score (nSPS) is 12.3. The van der Waals surface area contributed by atoms with Crippen molar-refractivity contribution in [2.24, 2.45) is 4.99 Å². The predicted octanol–water partition coefficient (Wildman–Crippen LogP) is 4.12. The Morgan fingerprint density at radius 2 is 2.19 bits per heavy atom. The molecule has 0 bridgehead atoms. The summed E-state index contributed by atoms with van der Waals surface area (Å²) >= 11 is 7.67. The first kappa shape index (κ1) is 21.0. The van der Waals surface area contributed by atoms with E-state index in [1.807, 2.05) is 38.1 Å². The summed E-state index contributed by atoms with van der Waals surface area (Å²) in [6.07, 6.45) is 5.88. The number of halogens is 1. The Hall–Kier alpha value is -2.31. The van der Waals surface area contributed by atoms with Gasteiger partial charge in [-0.1, -0.05) is 24.2 Å². The van der Waals surface area contributed by atoms with Gasteiger partial charge in [0.25, 0.3) is 5.56 Å². The summed E-state index contributed by atoms with van der Waals surface area (Å²) in [5.41, 5.74) is 3.60. The number of fused-ring (bicyclic) bond motifs is 1. The van der Waals surface area contributed by atoms with Crippen molar-refractivity contribution in [3.05, 3.63) is 75.7 Å². The van der Waals surface area contributed by atoms with Gasteiger partial charge in [0.1, 0.15) is 6.33 Å². The molecule has 0 atom stereocenters. The van der Waals surface area contributed by atoms with E-state index in [4.69, 9.17) is 11.6 Å². The number of nitrogens with zero attached hydrogens (tertiary/aromatic N) is 4. The van der Waals surface area contributed by atoms with Crippen LogP contribution in [-0.4, -0.2) is 41.0 Å². The highest BCUT2D eigenvalue weighted by atomic mass is 35.5. The smallest absolute Gasteiger partial charge is 0.271 e. The highest BCUT2D eigenvalue weighted by Crippen LogP contribution is 2.26. The summed E-state index contributed by atoms with van der Waals surface area (Å²) in [6, 6.07) is 5.59. The molecule has 0 amide bonds. The van der Waals surface area contributed by atoms with Crippen molar-refractivity contribution >= 4 is 30.1 Å². The van der Waals surface area contributed by atoms with Crippen molar-refractivity contribution in [2.45, 2.75) is 18.2 Å². The van der Waals surface area contributed by atoms with Crippen LogP contribution in [0.2, 0.25) is 5.02 Å². The van der Waals surface area contributed by atoms with E-state index in [1.165, 1.54) is 0 Å². The SMILES string of the molecule is C=N/C=C\C(=C)N(C)C.Cc1ccc(-n2cnc3c(c2=O)SCC3)cc1Cl. The Kier molecular flexibility index (Phi) is 7.45. The second-order valence-corrected chi connectivity index (χ2v) is 7.62. The van der Waals surface area contributed by atoms with Gasteiger partial charge >= 0.3 is 0 Å². The lowest BCUT2D eigenvalue weighted by Gasteiger charge is -2.10. The maximum atomic E-state index is 12.3. The van der Waals surface area contributed by atoms with Crippen LogP contribution in [0.4, 0.5) is 0 Å². The lowest BCUT2D eigenvalue weighted by atomic mass is 10.2. The number of allylic oxidation sites excluding steroid dienone is 1. The van der Waals surface area contributed by atoms with Gasteiger partial charge in [0.2, 0.25) is 0 Å². The molecule has 1 aliphatic heterocycles. The molecule has 0 saturated heterocycles. The third-order valence-electron chi connectivity index (χ3n) is 3.97. The number of thioether (sulfide) groups is 1. The minimum Gasteiger partial charge on any atom is -0.378 e. The van der Waals surface area contributed by atoms with Gasteiger partial charge in [-0.2, -0.15) is 0 Å². The molecule has 3 rings (SSSR count). The maximum absolute atomic E-state index is 12.3. The van der Waals surface area contributed by atoms with E-state index >= 15 is 0 Å². The topological polar surface area (TPSA) is 50.5 Å². The number of benzene rings is 1. The van der Waals surface area contributed by atoms with E-state index in [2.05, 4.69) is 23.3 Å². The van der Waals surface area contributed by atoms with Crippen molar-refractivity contribution in [2.75, 3.05) is 19.8 Å². The molecular weight excluding hydrogens is 380 g/mol. The van der Waals surface area contributed by atoms with E-state index < -0.39 is 0 Å². The third-order valence-corrected chi connectivity index (χ3v) is 5.48. The van der Waals surface area contributed by atoms with Crippen LogP contribution in [-0.2, 0) is 6.42 Å². The molecule has 0 aliphatic carbocycles. The van der Waals surface area contributed by atoms with Gasteiger partial charge < -0.3 is 4.90 Å². The Morgan fingerprint density at radius 3 is 2.81 bits per heavy atom. The van der Waals surface area contributed by atoms with Crippen LogP contribution in [0.25, 0.3) is 5.69 Å². The first-order valence-corrected chi connectivity index (χ1v) is 9.70. The van der Waals surface area contributed by atoms with Crippen molar-refractivity contribution in [3.8, 4) is 5.69 Å². The van der Waals surface area contributed by atoms with Crippen molar-refractivity contribution in [1.29, 1.82) is 0 Å². The molecule has 1 aliphatic rings. The fraction of sp³-hybridized carbons (Fsp3) is 0.250. The van der Waals surface area contributed by atoms with Gasteiger partial charge in [-0.15, -0.1) is 11.8 Å². The number of aliphatic imine (C=N–C) groups is 1. The summed E-state index contributed by atoms with van der Waals surface area (Å²) < 4.78 is 1.56. The van der Waals surface area contributed by atoms with Gasteiger partial charge in [-0.05, 0) is 37.4 Å². The van der Waals surface area contributed by atoms with Gasteiger partial charge in [0, 0.05) is 43.2 Å². The van der Waals surface area contributed by atoms with Crippen molar-refractivity contribution < 1.29 is 0 Å². The summed E-state index contributed by atoms with van der Waals surface area (Å²) in [7, 11) is 3.85. The molecule has 1 aromatic carbocycles. The fourth-order valence-electron chi connectivity index (χ4n) is 2.25. The lowest BCUT2D eigenvalue weighted by molar-refractivity contribution is 0.532. The van der Waals surface area contributed by atoms with Gasteiger partial charge in [0.05, 0.1) is 16.3 Å². The zero-order chi connectivity index (χ0) is 20.0. The van der Waals surface area contributed by atoms with Crippen molar-refractivity contribution in [3.63, 3.8) is 0 Å². The number of likely N-dealkylation sites (N-methyl/N-ethyl adjacent to an activating group) is 1. The van der Waals surface area contributed by atoms with Crippen LogP contribution in [0.3, 0.4) is 0 Å². The molecule has 1 aromatic heterocycles. The summed E-state index contributed by atoms with van der Waals surface area (Å²) in [6.45, 7) is 8.97. The lowest BCUT2D eigenvalue weighted by Crippen LogP contribution is -2.20. The molecule has 0 N–H and O–H groups in total. The Balaban J connectivity index is 0.000000249. The molecule has 2 heterocycles. The van der Waals surface area contributed by atoms with E-state index in [1.54, 1.807) is 41.0 Å². The third kappa shape index (κ3) is 5.34. The standard InChI is InChI=1S/C13H11ClN2OS.C7H12N2/c1-8-2-3-9(6-10(8)14)16-7-15-11-4-5-18-12(11)13(16)17;1-7(9(3)4)5-6-8-2/h2-3,6-7H,4-5H2,1H3;5-6H,1-2H2,3-4H3/b;6-5-. The second-order valence-electron chi connectivity index (χ2n) is 6.11. The molecule has 142 valence electrons. The first-order valence-electron chi connectivity index (χ1n) is 8.33. The van der Waals surface area contributed by atoms with Crippen LogP contribution in [0.5, 0.6) is 0 Å². The van der Waals surface area contributed by atoms with Gasteiger partial charge in [0.15, 0.2) is 0 Å². The number of rotatable bonds is 4. The van der Waals surface area contributed by atoms with Crippen LogP contribution in [0.15, 0.2) is 63.8 Å². The summed E-state index contributed by atoms with van der Waals surface area (Å²) in [5, 5.41) is 0.660. The largest absolute Gasteiger partial charge is 0.378 e. The molecule has 0 unspecified atom stereocenters. The zero-order valence-corrected chi connectivity index (χ0v) is 17.3. The average molecular weight is 403 g/mol. The minimum atomic E-state index is 0.00224. The predicted molar refractivity (Wildman–Crippen MR) is 116 cm³/mol. The summed E-state index contributed by atoms with van der Waals surface area (Å²) in [5.74, 6) is 0.941. The number of hydrogen-bond donors (Lipinski definition) is 0. The fourth-order valence-corrected chi connectivity index (χ4v) is 3.47. The van der Waals surface area contributed by atoms with E-state index in [0.717, 1.165) is 39.7 Å². The molecule has 7 heteroatoms. The van der Waals surface area contributed by atoms with E-state index in [-0.39, 0.29) is 5.56 Å². The van der Waals surface area contributed by atoms with Crippen molar-refractivity contribution in [1.82, 2.24) is 14.5 Å². The van der Waals surface area contributed by atoms with Crippen LogP contribution in [0, 0.1) is 6.92 Å². The minimum absolute atomic E-state index is 0.00224. The Labute approximate surface area is 169 Å². The van der Waals surface area contributed by atoms with Gasteiger partial charge in [-0.25, -0.2) is 4.98 Å². The molecule has 27 heavy (non-hydrogen) atoms. The highest BCUT2D eigenvalue weighted by molar-refractivity contribution is 7.99. The summed E-state index contributed by atoms with van der Waals surface area (Å²) in [4.78, 5) is 22.9. The van der Waals surface area contributed by atoms with Crippen LogP contribution in [0.1, 0.15) is 11.3 Å². The van der Waals surface area contributed by atoms with Gasteiger partial charge in [-0.3, -0.25) is 14.4 Å². The molecular formula is C20H23ClN4OS. The zero-order valence-electron chi connectivity index (χ0n) is 15.8. The first-order chi connectivity index (χ1) is 12.8. The van der Waals surface area contributed by atoms with Crippen LogP contribution >= 0.6 is 23.4 Å². The van der Waals surface area contributed by atoms with Crippen LogP contribution < -0.4 is 5.56 Å². The number of hydrogen-bond acceptors (Lipinski definition) is 5. The number of aromatic nitrogens is 2.